The maximum atomic E-state index is 13.9. The predicted octanol–water partition coefficient (Wildman–Crippen LogP) is 4.38. The molecule has 160 valence electrons. The van der Waals surface area contributed by atoms with Crippen LogP contribution in [0.25, 0.3) is 0 Å². The van der Waals surface area contributed by atoms with Crippen molar-refractivity contribution in [2.24, 2.45) is 0 Å². The van der Waals surface area contributed by atoms with E-state index in [1.165, 1.54) is 11.6 Å². The maximum absolute atomic E-state index is 13.9. The summed E-state index contributed by atoms with van der Waals surface area (Å²) in [5, 5.41) is 0. The van der Waals surface area contributed by atoms with Gasteiger partial charge in [0.2, 0.25) is 5.91 Å². The van der Waals surface area contributed by atoms with Crippen LogP contribution in [0.3, 0.4) is 0 Å². The van der Waals surface area contributed by atoms with Crippen LogP contribution in [0.15, 0.2) is 48.5 Å². The molecule has 4 rings (SSSR count). The van der Waals surface area contributed by atoms with E-state index in [9.17, 15) is 9.18 Å². The van der Waals surface area contributed by atoms with E-state index in [0.717, 1.165) is 76.1 Å². The van der Waals surface area contributed by atoms with Crippen LogP contribution in [-0.2, 0) is 16.8 Å². The largest absolute Gasteiger partial charge is 0.497 e. The van der Waals surface area contributed by atoms with Crippen LogP contribution >= 0.6 is 0 Å². The number of amides is 1. The van der Waals surface area contributed by atoms with E-state index in [4.69, 9.17) is 4.74 Å². The second-order valence-corrected chi connectivity index (χ2v) is 8.57. The molecule has 30 heavy (non-hydrogen) atoms. The van der Waals surface area contributed by atoms with Crippen molar-refractivity contribution in [1.29, 1.82) is 0 Å². The molecular weight excluding hydrogens is 379 g/mol. The number of carbonyl (C=O) groups excluding carboxylic acids is 1. The summed E-state index contributed by atoms with van der Waals surface area (Å²) in [6.07, 6.45) is 4.66. The number of carbonyl (C=O) groups is 1. The third-order valence-corrected chi connectivity index (χ3v) is 6.68. The number of ether oxygens (including phenoxy) is 1. The number of benzene rings is 2. The van der Waals surface area contributed by atoms with Crippen molar-refractivity contribution < 1.29 is 13.9 Å². The van der Waals surface area contributed by atoms with Gasteiger partial charge in [-0.05, 0) is 54.7 Å². The van der Waals surface area contributed by atoms with Gasteiger partial charge in [-0.25, -0.2) is 4.39 Å². The number of nitrogens with zero attached hydrogens (tertiary/aromatic N) is 2. The lowest BCUT2D eigenvalue weighted by molar-refractivity contribution is -0.137. The van der Waals surface area contributed by atoms with Gasteiger partial charge in [-0.2, -0.15) is 0 Å². The first kappa shape index (κ1) is 20.9. The summed E-state index contributed by atoms with van der Waals surface area (Å²) in [6, 6.07) is 14.9. The number of hydrogen-bond acceptors (Lipinski definition) is 3. The summed E-state index contributed by atoms with van der Waals surface area (Å²) >= 11 is 0. The van der Waals surface area contributed by atoms with Crippen molar-refractivity contribution in [3.63, 3.8) is 0 Å². The number of halogens is 1. The average Bonchev–Trinajstić information content (AvgIpc) is 3.16. The fraction of sp³-hybridized carbons (Fsp3) is 0.480. The van der Waals surface area contributed by atoms with Crippen LogP contribution in [0, 0.1) is 5.82 Å². The molecule has 1 aliphatic carbocycles. The lowest BCUT2D eigenvalue weighted by atomic mass is 9.77. The van der Waals surface area contributed by atoms with Crippen molar-refractivity contribution in [1.82, 2.24) is 9.80 Å². The molecule has 0 N–H and O–H groups in total. The standard InChI is InChI=1S/C25H31FN2O2/c1-30-23-10-8-20(9-11-23)19-27-14-5-15-28(17-16-27)24(29)25(12-2-3-13-25)21-6-4-7-22(26)18-21/h4,6-11,18H,2-3,5,12-17,19H2,1H3. The highest BCUT2D eigenvalue weighted by Gasteiger charge is 2.45. The number of methoxy groups -OCH3 is 1. The van der Waals surface area contributed by atoms with Crippen molar-refractivity contribution in [3.8, 4) is 5.75 Å². The molecule has 0 unspecified atom stereocenters. The lowest BCUT2D eigenvalue weighted by Crippen LogP contribution is -2.47. The smallest absolute Gasteiger partial charge is 0.233 e. The Morgan fingerprint density at radius 2 is 1.77 bits per heavy atom. The molecule has 0 bridgehead atoms. The van der Waals surface area contributed by atoms with E-state index in [1.54, 1.807) is 19.2 Å². The Balaban J connectivity index is 1.44. The minimum Gasteiger partial charge on any atom is -0.497 e. The lowest BCUT2D eigenvalue weighted by Gasteiger charge is -2.34. The van der Waals surface area contributed by atoms with Gasteiger partial charge in [0.25, 0.3) is 0 Å². The van der Waals surface area contributed by atoms with Gasteiger partial charge in [-0.15, -0.1) is 0 Å². The zero-order chi connectivity index (χ0) is 21.0. The van der Waals surface area contributed by atoms with Crippen molar-refractivity contribution >= 4 is 5.91 Å². The fourth-order valence-electron chi connectivity index (χ4n) is 5.01. The molecular formula is C25H31FN2O2. The summed E-state index contributed by atoms with van der Waals surface area (Å²) in [4.78, 5) is 18.1. The highest BCUT2D eigenvalue weighted by atomic mass is 19.1. The number of hydrogen-bond donors (Lipinski definition) is 0. The van der Waals surface area contributed by atoms with Gasteiger partial charge in [0.1, 0.15) is 11.6 Å². The van der Waals surface area contributed by atoms with Gasteiger partial charge >= 0.3 is 0 Å². The minimum atomic E-state index is -0.548. The normalized spacial score (nSPS) is 19.5. The highest BCUT2D eigenvalue weighted by molar-refractivity contribution is 5.88. The predicted molar refractivity (Wildman–Crippen MR) is 116 cm³/mol. The molecule has 2 aromatic carbocycles. The zero-order valence-electron chi connectivity index (χ0n) is 17.8. The van der Waals surface area contributed by atoms with Crippen LogP contribution in [0.1, 0.15) is 43.2 Å². The molecule has 2 fully saturated rings. The maximum Gasteiger partial charge on any atom is 0.233 e. The molecule has 0 spiro atoms. The summed E-state index contributed by atoms with van der Waals surface area (Å²) in [6.45, 7) is 4.21. The Labute approximate surface area is 178 Å². The molecule has 0 aromatic heterocycles. The van der Waals surface area contributed by atoms with Gasteiger partial charge < -0.3 is 9.64 Å². The molecule has 5 heteroatoms. The molecule has 1 amide bonds. The van der Waals surface area contributed by atoms with E-state index < -0.39 is 5.41 Å². The Morgan fingerprint density at radius 1 is 1.00 bits per heavy atom. The Bertz CT molecular complexity index is 862. The van der Waals surface area contributed by atoms with Crippen LogP contribution in [0.5, 0.6) is 5.75 Å². The Morgan fingerprint density at radius 3 is 2.47 bits per heavy atom. The van der Waals surface area contributed by atoms with Crippen molar-refractivity contribution in [2.45, 2.75) is 44.1 Å². The van der Waals surface area contributed by atoms with Crippen LogP contribution < -0.4 is 4.74 Å². The molecule has 0 radical (unpaired) electrons. The van der Waals surface area contributed by atoms with Gasteiger partial charge in [-0.3, -0.25) is 9.69 Å². The molecule has 1 saturated carbocycles. The molecule has 1 aliphatic heterocycles. The van der Waals surface area contributed by atoms with E-state index in [1.807, 2.05) is 23.1 Å². The summed E-state index contributed by atoms with van der Waals surface area (Å²) in [7, 11) is 1.68. The van der Waals surface area contributed by atoms with Gasteiger partial charge in [0, 0.05) is 32.7 Å². The van der Waals surface area contributed by atoms with Gasteiger partial charge in [0.05, 0.1) is 12.5 Å². The summed E-state index contributed by atoms with van der Waals surface area (Å²) in [5.41, 5.74) is 1.56. The van der Waals surface area contributed by atoms with Gasteiger partial charge in [-0.1, -0.05) is 37.1 Å². The molecule has 4 nitrogen and oxygen atoms in total. The number of rotatable bonds is 5. The second-order valence-electron chi connectivity index (χ2n) is 8.57. The molecule has 0 atom stereocenters. The molecule has 2 aromatic rings. The summed E-state index contributed by atoms with van der Waals surface area (Å²) in [5.74, 6) is 0.801. The highest BCUT2D eigenvalue weighted by Crippen LogP contribution is 2.43. The first-order valence-corrected chi connectivity index (χ1v) is 11.0. The third-order valence-electron chi connectivity index (χ3n) is 6.68. The van der Waals surface area contributed by atoms with E-state index in [0.29, 0.717) is 0 Å². The van der Waals surface area contributed by atoms with Crippen LogP contribution in [0.4, 0.5) is 4.39 Å². The van der Waals surface area contributed by atoms with E-state index >= 15 is 0 Å². The first-order valence-electron chi connectivity index (χ1n) is 11.0. The third kappa shape index (κ3) is 4.36. The van der Waals surface area contributed by atoms with Crippen LogP contribution in [0.2, 0.25) is 0 Å². The first-order chi connectivity index (χ1) is 14.6. The molecule has 1 saturated heterocycles. The topological polar surface area (TPSA) is 32.8 Å². The van der Waals surface area contributed by atoms with E-state index in [-0.39, 0.29) is 11.7 Å². The quantitative estimate of drug-likeness (QED) is 0.733. The molecule has 1 heterocycles. The summed E-state index contributed by atoms with van der Waals surface area (Å²) < 4.78 is 19.2. The Kier molecular flexibility index (Phi) is 6.38. The van der Waals surface area contributed by atoms with Crippen LogP contribution in [-0.4, -0.2) is 49.0 Å². The fourth-order valence-corrected chi connectivity index (χ4v) is 5.01. The second kappa shape index (κ2) is 9.17. The minimum absolute atomic E-state index is 0.192. The zero-order valence-corrected chi connectivity index (χ0v) is 17.8. The van der Waals surface area contributed by atoms with Gasteiger partial charge in [0.15, 0.2) is 0 Å². The van der Waals surface area contributed by atoms with E-state index in [2.05, 4.69) is 17.0 Å². The SMILES string of the molecule is COc1ccc(CN2CCCN(C(=O)C3(c4cccc(F)c4)CCCC3)CC2)cc1. The monoisotopic (exact) mass is 410 g/mol. The van der Waals surface area contributed by atoms with Crippen molar-refractivity contribution in [3.05, 3.63) is 65.5 Å². The van der Waals surface area contributed by atoms with Crippen molar-refractivity contribution in [2.75, 3.05) is 33.3 Å². The average molecular weight is 411 g/mol. The molecule has 2 aliphatic rings. The Hall–Kier alpha value is -2.40.